The summed E-state index contributed by atoms with van der Waals surface area (Å²) in [4.78, 5) is 43.4. The third-order valence-corrected chi connectivity index (χ3v) is 8.66. The van der Waals surface area contributed by atoms with E-state index in [-0.39, 0.29) is 17.7 Å². The maximum Gasteiger partial charge on any atom is 0.244 e. The van der Waals surface area contributed by atoms with Gasteiger partial charge in [-0.05, 0) is 75.1 Å². The Labute approximate surface area is 184 Å². The third-order valence-electron chi connectivity index (χ3n) is 8.66. The van der Waals surface area contributed by atoms with Gasteiger partial charge in [0.2, 0.25) is 17.7 Å². The van der Waals surface area contributed by atoms with E-state index in [0.717, 1.165) is 82.4 Å². The Morgan fingerprint density at radius 3 is 2.16 bits per heavy atom. The number of hydrogen-bond acceptors (Lipinski definition) is 4. The van der Waals surface area contributed by atoms with E-state index in [4.69, 9.17) is 0 Å². The van der Waals surface area contributed by atoms with E-state index in [9.17, 15) is 14.4 Å². The molecule has 2 spiro atoms. The van der Waals surface area contributed by atoms with E-state index in [0.29, 0.717) is 11.5 Å². The lowest BCUT2D eigenvalue weighted by atomic mass is 9.68. The zero-order valence-electron chi connectivity index (χ0n) is 18.7. The van der Waals surface area contributed by atoms with Crippen molar-refractivity contribution in [1.29, 1.82) is 0 Å². The van der Waals surface area contributed by atoms with Crippen LogP contribution in [-0.4, -0.2) is 59.7 Å². The molecule has 1 aliphatic carbocycles. The number of rotatable bonds is 1. The maximum atomic E-state index is 13.4. The van der Waals surface area contributed by atoms with Crippen LogP contribution < -0.4 is 4.90 Å². The normalized spacial score (nSPS) is 30.3. The molecule has 0 unspecified atom stereocenters. The van der Waals surface area contributed by atoms with Crippen molar-refractivity contribution in [2.45, 2.75) is 70.3 Å². The lowest BCUT2D eigenvalue weighted by Gasteiger charge is -2.46. The number of imide groups is 1. The number of benzene rings is 1. The number of hydrogen-bond donors (Lipinski definition) is 0. The quantitative estimate of drug-likeness (QED) is 0.696. The van der Waals surface area contributed by atoms with Crippen molar-refractivity contribution in [1.82, 2.24) is 9.80 Å². The molecule has 3 aliphatic heterocycles. The monoisotopic (exact) mass is 423 g/mol. The molecule has 0 atom stereocenters. The zero-order valence-corrected chi connectivity index (χ0v) is 18.7. The first kappa shape index (κ1) is 20.7. The molecule has 1 aromatic carbocycles. The van der Waals surface area contributed by atoms with Crippen molar-refractivity contribution in [2.75, 3.05) is 31.1 Å². The second kappa shape index (κ2) is 7.44. The van der Waals surface area contributed by atoms with Crippen molar-refractivity contribution >= 4 is 23.4 Å². The summed E-state index contributed by atoms with van der Waals surface area (Å²) in [5, 5.41) is 0. The van der Waals surface area contributed by atoms with Crippen molar-refractivity contribution < 1.29 is 14.4 Å². The lowest BCUT2D eigenvalue weighted by Crippen LogP contribution is -2.51. The Kier molecular flexibility index (Phi) is 4.96. The topological polar surface area (TPSA) is 60.9 Å². The molecule has 5 rings (SSSR count). The highest BCUT2D eigenvalue weighted by atomic mass is 16.2. The Balaban J connectivity index is 1.25. The largest absolute Gasteiger partial charge is 0.342 e. The van der Waals surface area contributed by atoms with Crippen LogP contribution in [0.25, 0.3) is 0 Å². The van der Waals surface area contributed by atoms with Crippen LogP contribution in [0.5, 0.6) is 0 Å². The molecule has 166 valence electrons. The maximum absolute atomic E-state index is 13.4. The molecule has 31 heavy (non-hydrogen) atoms. The fraction of sp³-hybridized carbons (Fsp3) is 0.640. The van der Waals surface area contributed by atoms with Gasteiger partial charge >= 0.3 is 0 Å². The number of piperidine rings is 1. The van der Waals surface area contributed by atoms with Gasteiger partial charge in [0, 0.05) is 33.0 Å². The van der Waals surface area contributed by atoms with Crippen molar-refractivity contribution in [3.63, 3.8) is 0 Å². The SMILES string of the molecule is CC(=O)N1CCC2(CCN(C3CCC4(CC3)C(=O)N(C(C)=O)c3ccccc34)CC2)C1. The van der Waals surface area contributed by atoms with Crippen LogP contribution >= 0.6 is 0 Å². The summed E-state index contributed by atoms with van der Waals surface area (Å²) < 4.78 is 0. The van der Waals surface area contributed by atoms with Crippen LogP contribution in [0, 0.1) is 5.41 Å². The van der Waals surface area contributed by atoms with E-state index < -0.39 is 5.41 Å². The molecular formula is C25H33N3O3. The molecule has 0 N–H and O–H groups in total. The van der Waals surface area contributed by atoms with E-state index >= 15 is 0 Å². The molecule has 6 nitrogen and oxygen atoms in total. The molecular weight excluding hydrogens is 390 g/mol. The van der Waals surface area contributed by atoms with Gasteiger partial charge in [-0.1, -0.05) is 18.2 Å². The summed E-state index contributed by atoms with van der Waals surface area (Å²) in [6.07, 6.45) is 7.10. The Hall–Kier alpha value is -2.21. The zero-order chi connectivity index (χ0) is 21.8. The number of likely N-dealkylation sites (tertiary alicyclic amines) is 2. The number of fused-ring (bicyclic) bond motifs is 2. The van der Waals surface area contributed by atoms with Crippen LogP contribution in [0.4, 0.5) is 5.69 Å². The highest BCUT2D eigenvalue weighted by Crippen LogP contribution is 2.51. The van der Waals surface area contributed by atoms with Gasteiger partial charge in [0.1, 0.15) is 0 Å². The third kappa shape index (κ3) is 3.22. The highest BCUT2D eigenvalue weighted by molar-refractivity contribution is 6.22. The van der Waals surface area contributed by atoms with Crippen molar-refractivity contribution in [3.05, 3.63) is 29.8 Å². The highest BCUT2D eigenvalue weighted by Gasteiger charge is 2.54. The summed E-state index contributed by atoms with van der Waals surface area (Å²) in [5.41, 5.74) is 1.63. The van der Waals surface area contributed by atoms with Crippen molar-refractivity contribution in [3.8, 4) is 0 Å². The van der Waals surface area contributed by atoms with E-state index in [1.807, 2.05) is 29.2 Å². The molecule has 3 heterocycles. The van der Waals surface area contributed by atoms with Gasteiger partial charge in [-0.2, -0.15) is 0 Å². The number of para-hydroxylation sites is 1. The van der Waals surface area contributed by atoms with Gasteiger partial charge in [0.25, 0.3) is 0 Å². The first-order valence-electron chi connectivity index (χ1n) is 11.8. The smallest absolute Gasteiger partial charge is 0.244 e. The summed E-state index contributed by atoms with van der Waals surface area (Å²) in [5.74, 6) is -0.000489. The van der Waals surface area contributed by atoms with E-state index in [1.165, 1.54) is 11.8 Å². The van der Waals surface area contributed by atoms with E-state index in [2.05, 4.69) is 4.90 Å². The molecule has 3 fully saturated rings. The minimum absolute atomic E-state index is 0.0208. The Morgan fingerprint density at radius 1 is 0.903 bits per heavy atom. The molecule has 6 heteroatoms. The van der Waals surface area contributed by atoms with Gasteiger partial charge in [0.15, 0.2) is 0 Å². The molecule has 0 aromatic heterocycles. The first-order chi connectivity index (χ1) is 14.9. The molecule has 3 amide bonds. The number of nitrogens with zero attached hydrogens (tertiary/aromatic N) is 3. The minimum Gasteiger partial charge on any atom is -0.342 e. The molecule has 0 bridgehead atoms. The van der Waals surface area contributed by atoms with Crippen molar-refractivity contribution in [2.24, 2.45) is 5.41 Å². The molecule has 2 saturated heterocycles. The van der Waals surface area contributed by atoms with Gasteiger partial charge in [-0.3, -0.25) is 14.4 Å². The van der Waals surface area contributed by atoms with Crippen LogP contribution in [-0.2, 0) is 19.8 Å². The average Bonchev–Trinajstić information content (AvgIpc) is 3.28. The number of carbonyl (C=O) groups is 3. The fourth-order valence-electron chi connectivity index (χ4n) is 6.74. The Bertz CT molecular complexity index is 910. The summed E-state index contributed by atoms with van der Waals surface area (Å²) in [6, 6.07) is 8.36. The predicted octanol–water partition coefficient (Wildman–Crippen LogP) is 3.09. The number of carbonyl (C=O) groups excluding carboxylic acids is 3. The van der Waals surface area contributed by atoms with Crippen LogP contribution in [0.15, 0.2) is 24.3 Å². The molecule has 4 aliphatic rings. The van der Waals surface area contributed by atoms with Gasteiger partial charge < -0.3 is 9.80 Å². The minimum atomic E-state index is -0.525. The van der Waals surface area contributed by atoms with Crippen LogP contribution in [0.2, 0.25) is 0 Å². The van der Waals surface area contributed by atoms with Crippen LogP contribution in [0.3, 0.4) is 0 Å². The fourth-order valence-corrected chi connectivity index (χ4v) is 6.74. The molecule has 0 radical (unpaired) electrons. The van der Waals surface area contributed by atoms with Gasteiger partial charge in [-0.25, -0.2) is 4.90 Å². The number of anilines is 1. The lowest BCUT2D eigenvalue weighted by molar-refractivity contribution is -0.130. The average molecular weight is 424 g/mol. The second-order valence-corrected chi connectivity index (χ2v) is 10.2. The summed E-state index contributed by atoms with van der Waals surface area (Å²) >= 11 is 0. The second-order valence-electron chi connectivity index (χ2n) is 10.2. The first-order valence-corrected chi connectivity index (χ1v) is 11.8. The standard InChI is InChI=1S/C25H33N3O3/c1-18(29)27-16-13-24(17-27)11-14-26(15-12-24)20-7-9-25(10-8-20)21-5-3-4-6-22(21)28(19(2)30)23(25)31/h3-6,20H,7-17H2,1-2H3. The summed E-state index contributed by atoms with van der Waals surface area (Å²) in [7, 11) is 0. The van der Waals surface area contributed by atoms with E-state index in [1.54, 1.807) is 6.92 Å². The molecule has 1 saturated carbocycles. The molecule has 1 aromatic rings. The van der Waals surface area contributed by atoms with Gasteiger partial charge in [-0.15, -0.1) is 0 Å². The van der Waals surface area contributed by atoms with Crippen LogP contribution in [0.1, 0.15) is 64.4 Å². The predicted molar refractivity (Wildman–Crippen MR) is 119 cm³/mol. The summed E-state index contributed by atoms with van der Waals surface area (Å²) in [6.45, 7) is 7.19. The Morgan fingerprint density at radius 2 is 1.55 bits per heavy atom. The number of amides is 3. The van der Waals surface area contributed by atoms with Gasteiger partial charge in [0.05, 0.1) is 11.1 Å².